The molecule has 1 heterocycles. The van der Waals surface area contributed by atoms with E-state index < -0.39 is 0 Å². The molecule has 5 nitrogen and oxygen atoms in total. The monoisotopic (exact) mass is 209 g/mol. The van der Waals surface area contributed by atoms with E-state index in [1.54, 1.807) is 4.68 Å². The topological polar surface area (TPSA) is 69.6 Å². The third-order valence-corrected chi connectivity index (χ3v) is 3.56. The van der Waals surface area contributed by atoms with Gasteiger partial charge in [0.05, 0.1) is 0 Å². The van der Waals surface area contributed by atoms with Crippen molar-refractivity contribution in [3.63, 3.8) is 0 Å². The number of aryl methyl sites for hydroxylation is 1. The third kappa shape index (κ3) is 2.34. The molecule has 1 aliphatic rings. The summed E-state index contributed by atoms with van der Waals surface area (Å²) >= 11 is 0. The fourth-order valence-corrected chi connectivity index (χ4v) is 2.39. The molecule has 1 saturated carbocycles. The van der Waals surface area contributed by atoms with Gasteiger partial charge in [0.25, 0.3) is 0 Å². The smallest absolute Gasteiger partial charge is 0.151 e. The lowest BCUT2D eigenvalue weighted by atomic mass is 9.76. The number of nitrogens with zero attached hydrogens (tertiary/aromatic N) is 4. The maximum absolute atomic E-state index is 6.00. The van der Waals surface area contributed by atoms with Crippen molar-refractivity contribution in [2.24, 2.45) is 24.6 Å². The van der Waals surface area contributed by atoms with E-state index in [4.69, 9.17) is 5.73 Å². The Morgan fingerprint density at radius 2 is 2.27 bits per heavy atom. The molecule has 1 aliphatic carbocycles. The molecule has 1 aromatic rings. The van der Waals surface area contributed by atoms with Crippen LogP contribution in [0.1, 0.15) is 32.0 Å². The van der Waals surface area contributed by atoms with Crippen molar-refractivity contribution in [3.8, 4) is 0 Å². The third-order valence-electron chi connectivity index (χ3n) is 3.56. The lowest BCUT2D eigenvalue weighted by Crippen LogP contribution is -2.33. The van der Waals surface area contributed by atoms with Crippen molar-refractivity contribution in [2.45, 2.75) is 38.6 Å². The molecule has 0 amide bonds. The SMILES string of the molecule is CC1CCC(N)CC1Cc1nnnn1C. The van der Waals surface area contributed by atoms with Gasteiger partial charge >= 0.3 is 0 Å². The zero-order valence-corrected chi connectivity index (χ0v) is 9.43. The average molecular weight is 209 g/mol. The van der Waals surface area contributed by atoms with Gasteiger partial charge < -0.3 is 5.73 Å². The summed E-state index contributed by atoms with van der Waals surface area (Å²) in [6.07, 6.45) is 4.46. The van der Waals surface area contributed by atoms with Gasteiger partial charge in [-0.1, -0.05) is 6.92 Å². The summed E-state index contributed by atoms with van der Waals surface area (Å²) in [6.45, 7) is 2.31. The zero-order chi connectivity index (χ0) is 10.8. The van der Waals surface area contributed by atoms with Crippen LogP contribution in [0.4, 0.5) is 0 Å². The fourth-order valence-electron chi connectivity index (χ4n) is 2.39. The molecule has 0 aromatic carbocycles. The van der Waals surface area contributed by atoms with E-state index in [1.807, 2.05) is 7.05 Å². The van der Waals surface area contributed by atoms with Crippen molar-refractivity contribution in [2.75, 3.05) is 0 Å². The van der Waals surface area contributed by atoms with E-state index in [9.17, 15) is 0 Å². The second-order valence-corrected chi connectivity index (χ2v) is 4.73. The number of tetrazole rings is 1. The first-order valence-corrected chi connectivity index (χ1v) is 5.63. The van der Waals surface area contributed by atoms with Crippen LogP contribution in [0.15, 0.2) is 0 Å². The summed E-state index contributed by atoms with van der Waals surface area (Å²) in [6, 6.07) is 0.368. The maximum atomic E-state index is 6.00. The van der Waals surface area contributed by atoms with Crippen LogP contribution < -0.4 is 5.73 Å². The van der Waals surface area contributed by atoms with Crippen LogP contribution in [0.5, 0.6) is 0 Å². The molecule has 0 bridgehead atoms. The maximum Gasteiger partial charge on any atom is 0.151 e. The Hall–Kier alpha value is -0.970. The van der Waals surface area contributed by atoms with Crippen LogP contribution in [0.2, 0.25) is 0 Å². The van der Waals surface area contributed by atoms with Gasteiger partial charge in [0.15, 0.2) is 5.82 Å². The Morgan fingerprint density at radius 1 is 1.47 bits per heavy atom. The molecule has 84 valence electrons. The second kappa shape index (κ2) is 4.26. The highest BCUT2D eigenvalue weighted by atomic mass is 15.5. The molecule has 3 atom stereocenters. The van der Waals surface area contributed by atoms with E-state index >= 15 is 0 Å². The molecule has 0 saturated heterocycles. The van der Waals surface area contributed by atoms with Gasteiger partial charge in [-0.15, -0.1) is 5.10 Å². The van der Waals surface area contributed by atoms with Gasteiger partial charge in [-0.25, -0.2) is 4.68 Å². The average Bonchev–Trinajstić information content (AvgIpc) is 2.58. The Bertz CT molecular complexity index is 321. The number of rotatable bonds is 2. The number of nitrogens with two attached hydrogens (primary N) is 1. The Kier molecular flexibility index (Phi) is 3.00. The van der Waals surface area contributed by atoms with Crippen LogP contribution in [0.3, 0.4) is 0 Å². The second-order valence-electron chi connectivity index (χ2n) is 4.73. The Morgan fingerprint density at radius 3 is 2.93 bits per heavy atom. The van der Waals surface area contributed by atoms with Crippen molar-refractivity contribution in [1.82, 2.24) is 20.2 Å². The molecule has 5 heteroatoms. The van der Waals surface area contributed by atoms with Gasteiger partial charge in [-0.05, 0) is 41.5 Å². The minimum absolute atomic E-state index is 0.368. The molecule has 3 unspecified atom stereocenters. The number of hydrogen-bond acceptors (Lipinski definition) is 4. The first kappa shape index (κ1) is 10.5. The molecular formula is C10H19N5. The van der Waals surface area contributed by atoms with Crippen molar-refractivity contribution in [3.05, 3.63) is 5.82 Å². The summed E-state index contributed by atoms with van der Waals surface area (Å²) in [7, 11) is 1.89. The summed E-state index contributed by atoms with van der Waals surface area (Å²) in [5.74, 6) is 2.35. The van der Waals surface area contributed by atoms with Gasteiger partial charge in [-0.2, -0.15) is 0 Å². The molecule has 1 aromatic heterocycles. The van der Waals surface area contributed by atoms with Crippen molar-refractivity contribution >= 4 is 0 Å². The quantitative estimate of drug-likeness (QED) is 0.770. The van der Waals surface area contributed by atoms with Crippen LogP contribution in [0, 0.1) is 11.8 Å². The lowest BCUT2D eigenvalue weighted by Gasteiger charge is -2.32. The van der Waals surface area contributed by atoms with Gasteiger partial charge in [0, 0.05) is 19.5 Å². The summed E-state index contributed by atoms with van der Waals surface area (Å²) in [4.78, 5) is 0. The van der Waals surface area contributed by atoms with Crippen LogP contribution >= 0.6 is 0 Å². The summed E-state index contributed by atoms with van der Waals surface area (Å²) in [5.41, 5.74) is 6.00. The fraction of sp³-hybridized carbons (Fsp3) is 0.900. The summed E-state index contributed by atoms with van der Waals surface area (Å²) < 4.78 is 1.76. The van der Waals surface area contributed by atoms with E-state index in [2.05, 4.69) is 22.4 Å². The highest BCUT2D eigenvalue weighted by Gasteiger charge is 2.27. The first-order valence-electron chi connectivity index (χ1n) is 5.63. The van der Waals surface area contributed by atoms with E-state index in [-0.39, 0.29) is 0 Å². The Balaban J connectivity index is 2.01. The summed E-state index contributed by atoms with van der Waals surface area (Å²) in [5, 5.41) is 11.5. The van der Waals surface area contributed by atoms with Gasteiger partial charge in [-0.3, -0.25) is 0 Å². The van der Waals surface area contributed by atoms with Crippen molar-refractivity contribution in [1.29, 1.82) is 0 Å². The first-order chi connectivity index (χ1) is 7.16. The van der Waals surface area contributed by atoms with Crippen LogP contribution in [0.25, 0.3) is 0 Å². The molecule has 0 radical (unpaired) electrons. The van der Waals surface area contributed by atoms with Crippen LogP contribution in [-0.4, -0.2) is 26.2 Å². The minimum Gasteiger partial charge on any atom is -0.328 e. The molecule has 15 heavy (non-hydrogen) atoms. The number of aromatic nitrogens is 4. The van der Waals surface area contributed by atoms with E-state index in [1.165, 1.54) is 6.42 Å². The lowest BCUT2D eigenvalue weighted by molar-refractivity contribution is 0.227. The molecule has 0 aliphatic heterocycles. The minimum atomic E-state index is 0.368. The van der Waals surface area contributed by atoms with Crippen molar-refractivity contribution < 1.29 is 0 Å². The van der Waals surface area contributed by atoms with Gasteiger partial charge in [0.2, 0.25) is 0 Å². The largest absolute Gasteiger partial charge is 0.328 e. The van der Waals surface area contributed by atoms with E-state index in [0.717, 1.165) is 31.0 Å². The predicted molar refractivity (Wildman–Crippen MR) is 57.0 cm³/mol. The van der Waals surface area contributed by atoms with E-state index in [0.29, 0.717) is 12.0 Å². The number of hydrogen-bond donors (Lipinski definition) is 1. The zero-order valence-electron chi connectivity index (χ0n) is 9.43. The predicted octanol–water partition coefficient (Wildman–Crippen LogP) is 0.516. The van der Waals surface area contributed by atoms with Gasteiger partial charge in [0.1, 0.15) is 0 Å². The normalized spacial score (nSPS) is 31.8. The highest BCUT2D eigenvalue weighted by molar-refractivity contribution is 4.89. The molecule has 1 fully saturated rings. The molecular weight excluding hydrogens is 190 g/mol. The molecule has 2 rings (SSSR count). The highest BCUT2D eigenvalue weighted by Crippen LogP contribution is 2.30. The standard InChI is InChI=1S/C10H19N5/c1-7-3-4-9(11)5-8(7)6-10-12-13-14-15(10)2/h7-9H,3-6,11H2,1-2H3. The molecule has 0 spiro atoms. The molecule has 2 N–H and O–H groups in total. The van der Waals surface area contributed by atoms with Crippen LogP contribution in [-0.2, 0) is 13.5 Å². The Labute approximate surface area is 90.0 Å².